The summed E-state index contributed by atoms with van der Waals surface area (Å²) in [5.74, 6) is 1.60. The molecule has 0 aliphatic heterocycles. The maximum absolute atomic E-state index is 6.03. The van der Waals surface area contributed by atoms with Gasteiger partial charge in [-0.2, -0.15) is 10.2 Å². The molecule has 0 fully saturated rings. The van der Waals surface area contributed by atoms with Gasteiger partial charge in [0.1, 0.15) is 5.75 Å². The molecule has 6 nitrogen and oxygen atoms in total. The van der Waals surface area contributed by atoms with E-state index in [4.69, 9.17) is 4.74 Å². The highest BCUT2D eigenvalue weighted by Gasteiger charge is 2.15. The minimum absolute atomic E-state index is 0.724. The third-order valence-corrected chi connectivity index (χ3v) is 3.90. The van der Waals surface area contributed by atoms with E-state index in [0.29, 0.717) is 0 Å². The molecular formula is C18H23N5O. The lowest BCUT2D eigenvalue weighted by Crippen LogP contribution is -2.17. The summed E-state index contributed by atoms with van der Waals surface area (Å²) < 4.78 is 9.64. The van der Waals surface area contributed by atoms with E-state index < -0.39 is 0 Å². The first-order chi connectivity index (χ1) is 11.6. The normalized spacial score (nSPS) is 11.0. The second kappa shape index (κ2) is 7.31. The van der Waals surface area contributed by atoms with Gasteiger partial charge in [-0.25, -0.2) is 4.68 Å². The second-order valence-electron chi connectivity index (χ2n) is 5.86. The van der Waals surface area contributed by atoms with E-state index in [1.807, 2.05) is 68.4 Å². The first-order valence-electron chi connectivity index (χ1n) is 8.07. The Labute approximate surface area is 142 Å². The molecule has 126 valence electrons. The van der Waals surface area contributed by atoms with Crippen LogP contribution in [0.5, 0.6) is 11.6 Å². The molecule has 24 heavy (non-hydrogen) atoms. The molecule has 0 saturated carbocycles. The van der Waals surface area contributed by atoms with Gasteiger partial charge in [-0.3, -0.25) is 4.68 Å². The van der Waals surface area contributed by atoms with Crippen molar-refractivity contribution in [2.45, 2.75) is 19.9 Å². The van der Waals surface area contributed by atoms with Gasteiger partial charge >= 0.3 is 0 Å². The predicted molar refractivity (Wildman–Crippen MR) is 93.1 cm³/mol. The molecule has 0 atom stereocenters. The monoisotopic (exact) mass is 325 g/mol. The molecule has 0 unspecified atom stereocenters. The van der Waals surface area contributed by atoms with Crippen molar-refractivity contribution in [3.63, 3.8) is 0 Å². The lowest BCUT2D eigenvalue weighted by Gasteiger charge is -2.09. The van der Waals surface area contributed by atoms with Gasteiger partial charge in [0.15, 0.2) is 0 Å². The number of nitrogens with zero attached hydrogens (tertiary/aromatic N) is 4. The van der Waals surface area contributed by atoms with E-state index in [0.717, 1.165) is 42.4 Å². The zero-order valence-corrected chi connectivity index (χ0v) is 14.4. The van der Waals surface area contributed by atoms with Crippen molar-refractivity contribution in [2.75, 3.05) is 6.54 Å². The van der Waals surface area contributed by atoms with E-state index in [2.05, 4.69) is 15.5 Å². The first kappa shape index (κ1) is 16.3. The number of nitrogens with one attached hydrogen (secondary N) is 1. The third kappa shape index (κ3) is 3.83. The van der Waals surface area contributed by atoms with Crippen molar-refractivity contribution in [3.05, 3.63) is 59.5 Å². The van der Waals surface area contributed by atoms with Crippen molar-refractivity contribution in [1.29, 1.82) is 0 Å². The number of benzene rings is 1. The molecule has 0 radical (unpaired) electrons. The molecule has 0 bridgehead atoms. The Morgan fingerprint density at radius 2 is 1.96 bits per heavy atom. The molecule has 0 aliphatic rings. The molecule has 3 rings (SSSR count). The molecule has 0 saturated heterocycles. The molecule has 1 aromatic carbocycles. The number of ether oxygens (including phenoxy) is 1. The van der Waals surface area contributed by atoms with Crippen LogP contribution in [0.1, 0.15) is 16.8 Å². The van der Waals surface area contributed by atoms with E-state index in [1.54, 1.807) is 4.68 Å². The number of rotatable bonds is 7. The van der Waals surface area contributed by atoms with Gasteiger partial charge in [0.05, 0.1) is 17.5 Å². The van der Waals surface area contributed by atoms with Crippen LogP contribution in [-0.2, 0) is 27.1 Å². The van der Waals surface area contributed by atoms with Crippen LogP contribution in [0.2, 0.25) is 0 Å². The number of hydrogen-bond donors (Lipinski definition) is 1. The van der Waals surface area contributed by atoms with Gasteiger partial charge in [-0.05, 0) is 37.6 Å². The highest BCUT2D eigenvalue weighted by atomic mass is 16.5. The fourth-order valence-electron chi connectivity index (χ4n) is 2.66. The summed E-state index contributed by atoms with van der Waals surface area (Å²) in [4.78, 5) is 0. The van der Waals surface area contributed by atoms with Crippen LogP contribution < -0.4 is 10.1 Å². The summed E-state index contributed by atoms with van der Waals surface area (Å²) in [6.07, 6.45) is 4.89. The van der Waals surface area contributed by atoms with Gasteiger partial charge in [0.2, 0.25) is 5.88 Å². The van der Waals surface area contributed by atoms with Crippen LogP contribution in [0.25, 0.3) is 0 Å². The van der Waals surface area contributed by atoms with Gasteiger partial charge in [-0.1, -0.05) is 18.2 Å². The summed E-state index contributed by atoms with van der Waals surface area (Å²) in [6.45, 7) is 3.61. The van der Waals surface area contributed by atoms with Gasteiger partial charge in [-0.15, -0.1) is 0 Å². The third-order valence-electron chi connectivity index (χ3n) is 3.90. The summed E-state index contributed by atoms with van der Waals surface area (Å²) in [7, 11) is 3.84. The minimum Gasteiger partial charge on any atom is -0.439 e. The zero-order chi connectivity index (χ0) is 16.9. The molecular weight excluding hydrogens is 302 g/mol. The fraction of sp³-hybridized carbons (Fsp3) is 0.333. The van der Waals surface area contributed by atoms with Crippen molar-refractivity contribution < 1.29 is 4.74 Å². The Morgan fingerprint density at radius 3 is 2.67 bits per heavy atom. The lowest BCUT2D eigenvalue weighted by molar-refractivity contribution is 0.424. The molecule has 1 N–H and O–H groups in total. The highest BCUT2D eigenvalue weighted by Crippen LogP contribution is 2.26. The number of hydrogen-bond acceptors (Lipinski definition) is 4. The van der Waals surface area contributed by atoms with Crippen molar-refractivity contribution in [3.8, 4) is 11.6 Å². The maximum Gasteiger partial charge on any atom is 0.222 e. The minimum atomic E-state index is 0.724. The Morgan fingerprint density at radius 1 is 1.17 bits per heavy atom. The van der Waals surface area contributed by atoms with E-state index in [-0.39, 0.29) is 0 Å². The van der Waals surface area contributed by atoms with Crippen LogP contribution >= 0.6 is 0 Å². The van der Waals surface area contributed by atoms with E-state index >= 15 is 0 Å². The lowest BCUT2D eigenvalue weighted by atomic mass is 10.2. The van der Waals surface area contributed by atoms with Crippen molar-refractivity contribution in [1.82, 2.24) is 24.9 Å². The smallest absolute Gasteiger partial charge is 0.222 e. The van der Waals surface area contributed by atoms with Crippen LogP contribution in [-0.4, -0.2) is 26.1 Å². The number of aryl methyl sites for hydroxylation is 3. The largest absolute Gasteiger partial charge is 0.439 e. The standard InChI is InChI=1S/C18H23N5O/c1-14-17(12-19-10-9-15-11-20-22(2)13-15)18(23(3)21-14)24-16-7-5-4-6-8-16/h4-8,11,13,19H,9-10,12H2,1-3H3. The van der Waals surface area contributed by atoms with Crippen LogP contribution in [0.15, 0.2) is 42.7 Å². The van der Waals surface area contributed by atoms with E-state index in [1.165, 1.54) is 5.56 Å². The Hall–Kier alpha value is -2.60. The van der Waals surface area contributed by atoms with Gasteiger partial charge < -0.3 is 10.1 Å². The Bertz CT molecular complexity index is 791. The number of aromatic nitrogens is 4. The average molecular weight is 325 g/mol. The second-order valence-corrected chi connectivity index (χ2v) is 5.86. The predicted octanol–water partition coefficient (Wildman–Crippen LogP) is 2.59. The van der Waals surface area contributed by atoms with Gasteiger partial charge in [0.25, 0.3) is 0 Å². The molecule has 2 heterocycles. The molecule has 3 aromatic rings. The average Bonchev–Trinajstić information content (AvgIpc) is 3.09. The first-order valence-corrected chi connectivity index (χ1v) is 8.07. The summed E-state index contributed by atoms with van der Waals surface area (Å²) in [5, 5.41) is 12.1. The van der Waals surface area contributed by atoms with Crippen molar-refractivity contribution >= 4 is 0 Å². The summed E-state index contributed by atoms with van der Waals surface area (Å²) >= 11 is 0. The van der Waals surface area contributed by atoms with Crippen molar-refractivity contribution in [2.24, 2.45) is 14.1 Å². The maximum atomic E-state index is 6.03. The topological polar surface area (TPSA) is 56.9 Å². The SMILES string of the molecule is Cc1nn(C)c(Oc2ccccc2)c1CNCCc1cnn(C)c1. The van der Waals surface area contributed by atoms with Gasteiger partial charge in [0, 0.05) is 26.8 Å². The van der Waals surface area contributed by atoms with E-state index in [9.17, 15) is 0 Å². The van der Waals surface area contributed by atoms with Crippen LogP contribution in [0.4, 0.5) is 0 Å². The molecule has 0 amide bonds. The summed E-state index contributed by atoms with van der Waals surface area (Å²) in [5.41, 5.74) is 3.30. The molecule has 2 aromatic heterocycles. The zero-order valence-electron chi connectivity index (χ0n) is 14.4. The number of para-hydroxylation sites is 1. The Balaban J connectivity index is 1.62. The Kier molecular flexibility index (Phi) is 4.96. The molecule has 6 heteroatoms. The van der Waals surface area contributed by atoms with Crippen LogP contribution in [0.3, 0.4) is 0 Å². The summed E-state index contributed by atoms with van der Waals surface area (Å²) in [6, 6.07) is 9.79. The highest BCUT2D eigenvalue weighted by molar-refractivity contribution is 5.35. The molecule has 0 aliphatic carbocycles. The fourth-order valence-corrected chi connectivity index (χ4v) is 2.66. The quantitative estimate of drug-likeness (QED) is 0.678. The molecule has 0 spiro atoms. The van der Waals surface area contributed by atoms with Crippen LogP contribution in [0, 0.1) is 6.92 Å².